The SMILES string of the molecule is COC(=O)c1cc(NC(=O)[C@H](C)N)c(OC)c(OC)c1.Cl. The van der Waals surface area contributed by atoms with Gasteiger partial charge in [0, 0.05) is 0 Å². The summed E-state index contributed by atoms with van der Waals surface area (Å²) >= 11 is 0. The second-order valence-corrected chi connectivity index (χ2v) is 4.03. The minimum Gasteiger partial charge on any atom is -0.493 e. The molecule has 0 aromatic heterocycles. The van der Waals surface area contributed by atoms with Crippen LogP contribution < -0.4 is 20.5 Å². The predicted octanol–water partition coefficient (Wildman–Crippen LogP) is 1.20. The van der Waals surface area contributed by atoms with E-state index in [0.717, 1.165) is 0 Å². The quantitative estimate of drug-likeness (QED) is 0.791. The first-order chi connectivity index (χ1) is 9.44. The molecule has 0 radical (unpaired) electrons. The van der Waals surface area contributed by atoms with Crippen LogP contribution in [0.1, 0.15) is 17.3 Å². The van der Waals surface area contributed by atoms with E-state index in [9.17, 15) is 9.59 Å². The smallest absolute Gasteiger partial charge is 0.338 e. The van der Waals surface area contributed by atoms with Crippen LogP contribution in [0.4, 0.5) is 5.69 Å². The van der Waals surface area contributed by atoms with Crippen molar-refractivity contribution < 1.29 is 23.8 Å². The van der Waals surface area contributed by atoms with Gasteiger partial charge in [0.15, 0.2) is 11.5 Å². The standard InChI is InChI=1S/C13H18N2O5.ClH/c1-7(14)12(16)15-9-5-8(13(17)20-4)6-10(18-2)11(9)19-3;/h5-7H,14H2,1-4H3,(H,15,16);1H/t7-;/m0./s1. The van der Waals surface area contributed by atoms with Gasteiger partial charge in [0.25, 0.3) is 0 Å². The number of amides is 1. The van der Waals surface area contributed by atoms with E-state index >= 15 is 0 Å². The average Bonchev–Trinajstić information content (AvgIpc) is 2.45. The molecule has 0 saturated carbocycles. The molecule has 3 N–H and O–H groups in total. The summed E-state index contributed by atoms with van der Waals surface area (Å²) in [6.45, 7) is 1.54. The highest BCUT2D eigenvalue weighted by atomic mass is 35.5. The molecule has 1 rings (SSSR count). The van der Waals surface area contributed by atoms with E-state index in [1.165, 1.54) is 33.5 Å². The van der Waals surface area contributed by atoms with Gasteiger partial charge >= 0.3 is 5.97 Å². The molecule has 0 fully saturated rings. The van der Waals surface area contributed by atoms with Crippen LogP contribution in [0.5, 0.6) is 11.5 Å². The molecule has 1 amide bonds. The van der Waals surface area contributed by atoms with Crippen molar-refractivity contribution in [2.24, 2.45) is 5.73 Å². The number of anilines is 1. The van der Waals surface area contributed by atoms with Crippen LogP contribution >= 0.6 is 12.4 Å². The second-order valence-electron chi connectivity index (χ2n) is 4.03. The fourth-order valence-electron chi connectivity index (χ4n) is 1.54. The van der Waals surface area contributed by atoms with E-state index in [1.54, 1.807) is 6.92 Å². The molecule has 1 atom stereocenters. The highest BCUT2D eigenvalue weighted by molar-refractivity contribution is 5.99. The number of esters is 1. The number of hydrogen-bond donors (Lipinski definition) is 2. The van der Waals surface area contributed by atoms with E-state index < -0.39 is 17.9 Å². The molecular formula is C13H19ClN2O5. The Bertz CT molecular complexity index is 520. The third-order valence-electron chi connectivity index (χ3n) is 2.57. The number of halogens is 1. The summed E-state index contributed by atoms with van der Waals surface area (Å²) in [5.41, 5.74) is 6.01. The van der Waals surface area contributed by atoms with Gasteiger partial charge in [-0.3, -0.25) is 4.79 Å². The molecule has 8 heteroatoms. The monoisotopic (exact) mass is 318 g/mol. The predicted molar refractivity (Wildman–Crippen MR) is 80.4 cm³/mol. The summed E-state index contributed by atoms with van der Waals surface area (Å²) in [6, 6.07) is 2.20. The maximum Gasteiger partial charge on any atom is 0.338 e. The molecule has 0 unspecified atom stereocenters. The van der Waals surface area contributed by atoms with Gasteiger partial charge in [-0.1, -0.05) is 0 Å². The first-order valence-corrected chi connectivity index (χ1v) is 5.85. The Morgan fingerprint density at radius 2 is 1.81 bits per heavy atom. The minimum atomic E-state index is -0.701. The lowest BCUT2D eigenvalue weighted by molar-refractivity contribution is -0.117. The van der Waals surface area contributed by atoms with E-state index in [1.807, 2.05) is 0 Å². The van der Waals surface area contributed by atoms with Gasteiger partial charge in [0.2, 0.25) is 5.91 Å². The number of methoxy groups -OCH3 is 3. The molecule has 0 aliphatic carbocycles. The van der Waals surface area contributed by atoms with Crippen molar-refractivity contribution in [1.82, 2.24) is 0 Å². The van der Waals surface area contributed by atoms with E-state index in [2.05, 4.69) is 10.1 Å². The van der Waals surface area contributed by atoms with Crippen molar-refractivity contribution in [2.75, 3.05) is 26.6 Å². The van der Waals surface area contributed by atoms with E-state index in [4.69, 9.17) is 15.2 Å². The van der Waals surface area contributed by atoms with Crippen LogP contribution in [0.3, 0.4) is 0 Å². The molecular weight excluding hydrogens is 300 g/mol. The molecule has 7 nitrogen and oxygen atoms in total. The average molecular weight is 319 g/mol. The first-order valence-electron chi connectivity index (χ1n) is 5.85. The molecule has 21 heavy (non-hydrogen) atoms. The van der Waals surface area contributed by atoms with Crippen molar-refractivity contribution in [3.8, 4) is 11.5 Å². The Balaban J connectivity index is 0.00000400. The number of benzene rings is 1. The zero-order valence-corrected chi connectivity index (χ0v) is 13.1. The summed E-state index contributed by atoms with van der Waals surface area (Å²) in [6.07, 6.45) is 0. The van der Waals surface area contributed by atoms with E-state index in [0.29, 0.717) is 11.5 Å². The summed E-state index contributed by atoms with van der Waals surface area (Å²) in [5, 5.41) is 2.58. The number of rotatable bonds is 5. The molecule has 118 valence electrons. The minimum absolute atomic E-state index is 0. The van der Waals surface area contributed by atoms with Gasteiger partial charge in [-0.2, -0.15) is 0 Å². The van der Waals surface area contributed by atoms with Crippen LogP contribution in [0.15, 0.2) is 12.1 Å². The lowest BCUT2D eigenvalue weighted by atomic mass is 10.1. The van der Waals surface area contributed by atoms with Crippen molar-refractivity contribution in [2.45, 2.75) is 13.0 Å². The van der Waals surface area contributed by atoms with Gasteiger partial charge in [0.05, 0.1) is 38.6 Å². The van der Waals surface area contributed by atoms with Crippen molar-refractivity contribution in [1.29, 1.82) is 0 Å². The van der Waals surface area contributed by atoms with Crippen LogP contribution in [0.25, 0.3) is 0 Å². The maximum atomic E-state index is 11.7. The van der Waals surface area contributed by atoms with Crippen LogP contribution in [-0.2, 0) is 9.53 Å². The zero-order valence-electron chi connectivity index (χ0n) is 12.3. The molecule has 1 aromatic rings. The Labute approximate surface area is 129 Å². The van der Waals surface area contributed by atoms with Crippen molar-refractivity contribution in [3.63, 3.8) is 0 Å². The lowest BCUT2D eigenvalue weighted by Gasteiger charge is -2.16. The summed E-state index contributed by atoms with van der Waals surface area (Å²) in [4.78, 5) is 23.3. The molecule has 0 bridgehead atoms. The highest BCUT2D eigenvalue weighted by Gasteiger charge is 2.19. The van der Waals surface area contributed by atoms with Crippen LogP contribution in [0.2, 0.25) is 0 Å². The number of nitrogens with two attached hydrogens (primary N) is 1. The van der Waals surface area contributed by atoms with Crippen LogP contribution in [-0.4, -0.2) is 39.2 Å². The normalized spacial score (nSPS) is 10.9. The number of carbonyl (C=O) groups excluding carboxylic acids is 2. The fourth-order valence-corrected chi connectivity index (χ4v) is 1.54. The number of nitrogens with one attached hydrogen (secondary N) is 1. The van der Waals surface area contributed by atoms with Crippen LogP contribution in [0, 0.1) is 0 Å². The third-order valence-corrected chi connectivity index (χ3v) is 2.57. The van der Waals surface area contributed by atoms with Gasteiger partial charge in [-0.15, -0.1) is 12.4 Å². The number of carbonyl (C=O) groups is 2. The molecule has 0 aliphatic rings. The summed E-state index contributed by atoms with van der Waals surface area (Å²) in [7, 11) is 4.12. The van der Waals surface area contributed by atoms with Gasteiger partial charge in [-0.05, 0) is 19.1 Å². The Morgan fingerprint density at radius 1 is 1.19 bits per heavy atom. The van der Waals surface area contributed by atoms with Crippen molar-refractivity contribution >= 4 is 30.0 Å². The molecule has 0 heterocycles. The zero-order chi connectivity index (χ0) is 15.3. The van der Waals surface area contributed by atoms with Gasteiger partial charge < -0.3 is 25.3 Å². The lowest BCUT2D eigenvalue weighted by Crippen LogP contribution is -2.32. The first kappa shape index (κ1) is 19.0. The number of hydrogen-bond acceptors (Lipinski definition) is 6. The van der Waals surface area contributed by atoms with Gasteiger partial charge in [0.1, 0.15) is 0 Å². The second kappa shape index (κ2) is 8.33. The number of ether oxygens (including phenoxy) is 3. The maximum absolute atomic E-state index is 11.7. The molecule has 0 aliphatic heterocycles. The van der Waals surface area contributed by atoms with E-state index in [-0.39, 0.29) is 23.7 Å². The molecule has 0 saturated heterocycles. The Morgan fingerprint density at radius 3 is 2.24 bits per heavy atom. The molecule has 0 spiro atoms. The highest BCUT2D eigenvalue weighted by Crippen LogP contribution is 2.36. The Kier molecular flexibility index (Phi) is 7.54. The fraction of sp³-hybridized carbons (Fsp3) is 0.385. The van der Waals surface area contributed by atoms with Gasteiger partial charge in [-0.25, -0.2) is 4.79 Å². The topological polar surface area (TPSA) is 99.9 Å². The summed E-state index contributed by atoms with van der Waals surface area (Å²) < 4.78 is 15.0. The largest absolute Gasteiger partial charge is 0.493 e. The van der Waals surface area contributed by atoms with Crippen molar-refractivity contribution in [3.05, 3.63) is 17.7 Å². The Hall–Kier alpha value is -1.99. The molecule has 1 aromatic carbocycles. The summed E-state index contributed by atoms with van der Waals surface area (Å²) in [5.74, 6) is -0.362. The third kappa shape index (κ3) is 4.51.